The van der Waals surface area contributed by atoms with E-state index in [-0.39, 0.29) is 0 Å². The summed E-state index contributed by atoms with van der Waals surface area (Å²) in [5, 5.41) is 10.8. The zero-order valence-corrected chi connectivity index (χ0v) is 16.6. The van der Waals surface area contributed by atoms with Gasteiger partial charge in [0.05, 0.1) is 25.0 Å². The fourth-order valence-electron chi connectivity index (χ4n) is 2.95. The van der Waals surface area contributed by atoms with Crippen molar-refractivity contribution in [2.45, 2.75) is 53.6 Å². The van der Waals surface area contributed by atoms with Gasteiger partial charge >= 0.3 is 0 Å². The molecule has 0 saturated carbocycles. The van der Waals surface area contributed by atoms with Crippen molar-refractivity contribution < 1.29 is 9.26 Å². The summed E-state index contributed by atoms with van der Waals surface area (Å²) in [5.41, 5.74) is 5.11. The Hall–Kier alpha value is -2.57. The van der Waals surface area contributed by atoms with Crippen LogP contribution in [0.5, 0.6) is 5.75 Å². The molecule has 0 spiro atoms. The van der Waals surface area contributed by atoms with Crippen LogP contribution in [0.4, 0.5) is 0 Å². The first kappa shape index (κ1) is 19.8. The lowest BCUT2D eigenvalue weighted by molar-refractivity contribution is 0.380. The van der Waals surface area contributed by atoms with Crippen LogP contribution in [0, 0.1) is 13.8 Å². The molecule has 2 aromatic heterocycles. The Bertz CT molecular complexity index is 746. The quantitative estimate of drug-likeness (QED) is 0.584. The van der Waals surface area contributed by atoms with Gasteiger partial charge in [0, 0.05) is 42.9 Å². The number of nitrogens with zero attached hydrogens (tertiary/aromatic N) is 3. The summed E-state index contributed by atoms with van der Waals surface area (Å²) >= 11 is 0. The SMILES string of the molecule is CCc1noc(CC)c1CNC(=NC)NCc1ncc(C)c(OC)c1C. The summed E-state index contributed by atoms with van der Waals surface area (Å²) < 4.78 is 10.9. The summed E-state index contributed by atoms with van der Waals surface area (Å²) in [7, 11) is 3.43. The topological polar surface area (TPSA) is 84.6 Å². The molecular formula is C19H29N5O2. The van der Waals surface area contributed by atoms with Crippen LogP contribution in [-0.2, 0) is 25.9 Å². The molecule has 0 amide bonds. The maximum absolute atomic E-state index is 5.47. The lowest BCUT2D eigenvalue weighted by Crippen LogP contribution is -2.37. The van der Waals surface area contributed by atoms with E-state index in [1.54, 1.807) is 14.2 Å². The zero-order valence-electron chi connectivity index (χ0n) is 16.6. The van der Waals surface area contributed by atoms with Crippen molar-refractivity contribution in [1.29, 1.82) is 0 Å². The minimum Gasteiger partial charge on any atom is -0.496 e. The molecule has 2 rings (SSSR count). The number of guanidine groups is 1. The van der Waals surface area contributed by atoms with Crippen molar-refractivity contribution in [2.24, 2.45) is 4.99 Å². The van der Waals surface area contributed by atoms with Crippen molar-refractivity contribution in [1.82, 2.24) is 20.8 Å². The first-order valence-corrected chi connectivity index (χ1v) is 8.95. The van der Waals surface area contributed by atoms with Crippen LogP contribution < -0.4 is 15.4 Å². The Labute approximate surface area is 155 Å². The molecule has 0 unspecified atom stereocenters. The number of hydrogen-bond acceptors (Lipinski definition) is 5. The molecule has 2 aromatic rings. The van der Waals surface area contributed by atoms with Gasteiger partial charge in [-0.1, -0.05) is 19.0 Å². The number of aryl methyl sites for hydroxylation is 3. The maximum atomic E-state index is 5.47. The molecule has 142 valence electrons. The number of methoxy groups -OCH3 is 1. The second-order valence-corrected chi connectivity index (χ2v) is 6.06. The average molecular weight is 359 g/mol. The Morgan fingerprint density at radius 3 is 2.50 bits per heavy atom. The minimum absolute atomic E-state index is 0.563. The zero-order chi connectivity index (χ0) is 19.1. The molecule has 0 atom stereocenters. The van der Waals surface area contributed by atoms with Crippen LogP contribution in [0.25, 0.3) is 0 Å². The molecule has 0 aliphatic carbocycles. The van der Waals surface area contributed by atoms with Gasteiger partial charge in [-0.05, 0) is 20.3 Å². The van der Waals surface area contributed by atoms with Crippen molar-refractivity contribution in [3.8, 4) is 5.75 Å². The van der Waals surface area contributed by atoms with Gasteiger partial charge in [-0.3, -0.25) is 9.98 Å². The largest absolute Gasteiger partial charge is 0.496 e. The van der Waals surface area contributed by atoms with Crippen LogP contribution in [0.1, 0.15) is 47.7 Å². The standard InChI is InChI=1S/C19H29N5O2/c1-7-15-14(17(8-2)26-24-15)10-22-19(20-5)23-11-16-13(4)18(25-6)12(3)9-21-16/h9H,7-8,10-11H2,1-6H3,(H2,20,22,23). The number of ether oxygens (including phenoxy) is 1. The number of nitrogens with one attached hydrogen (secondary N) is 2. The second kappa shape index (κ2) is 9.22. The molecule has 26 heavy (non-hydrogen) atoms. The highest BCUT2D eigenvalue weighted by atomic mass is 16.5. The lowest BCUT2D eigenvalue weighted by atomic mass is 10.1. The fourth-order valence-corrected chi connectivity index (χ4v) is 2.95. The summed E-state index contributed by atoms with van der Waals surface area (Å²) in [4.78, 5) is 8.79. The van der Waals surface area contributed by atoms with E-state index in [0.29, 0.717) is 19.0 Å². The van der Waals surface area contributed by atoms with Crippen LogP contribution in [0.3, 0.4) is 0 Å². The van der Waals surface area contributed by atoms with Crippen molar-refractivity contribution in [3.63, 3.8) is 0 Å². The molecular weight excluding hydrogens is 330 g/mol. The molecule has 0 aliphatic heterocycles. The van der Waals surface area contributed by atoms with Gasteiger partial charge < -0.3 is 19.9 Å². The Morgan fingerprint density at radius 2 is 1.88 bits per heavy atom. The Morgan fingerprint density at radius 1 is 1.15 bits per heavy atom. The average Bonchev–Trinajstić information content (AvgIpc) is 3.05. The van der Waals surface area contributed by atoms with Gasteiger partial charge in [-0.2, -0.15) is 0 Å². The summed E-state index contributed by atoms with van der Waals surface area (Å²) in [6.45, 7) is 9.34. The molecule has 7 heteroatoms. The number of aliphatic imine (C=N–C) groups is 1. The van der Waals surface area contributed by atoms with E-state index in [1.807, 2.05) is 20.0 Å². The smallest absolute Gasteiger partial charge is 0.191 e. The van der Waals surface area contributed by atoms with Crippen molar-refractivity contribution in [3.05, 3.63) is 40.0 Å². The normalized spacial score (nSPS) is 11.5. The highest BCUT2D eigenvalue weighted by Gasteiger charge is 2.14. The summed E-state index contributed by atoms with van der Waals surface area (Å²) in [6.07, 6.45) is 3.50. The highest BCUT2D eigenvalue weighted by molar-refractivity contribution is 5.79. The van der Waals surface area contributed by atoms with Crippen LogP contribution in [0.2, 0.25) is 0 Å². The van der Waals surface area contributed by atoms with Crippen molar-refractivity contribution >= 4 is 5.96 Å². The third kappa shape index (κ3) is 4.33. The summed E-state index contributed by atoms with van der Waals surface area (Å²) in [5.74, 6) is 2.51. The monoisotopic (exact) mass is 359 g/mol. The number of rotatable bonds is 7. The van der Waals surface area contributed by atoms with Crippen LogP contribution in [-0.4, -0.2) is 30.3 Å². The molecule has 0 bridgehead atoms. The van der Waals surface area contributed by atoms with E-state index in [2.05, 4.69) is 39.6 Å². The predicted octanol–water partition coefficient (Wildman–Crippen LogP) is 2.69. The van der Waals surface area contributed by atoms with Gasteiger partial charge in [-0.25, -0.2) is 0 Å². The Balaban J connectivity index is 2.02. The van der Waals surface area contributed by atoms with E-state index < -0.39 is 0 Å². The van der Waals surface area contributed by atoms with Gasteiger partial charge in [0.15, 0.2) is 5.96 Å². The van der Waals surface area contributed by atoms with E-state index in [4.69, 9.17) is 9.26 Å². The van der Waals surface area contributed by atoms with E-state index in [1.165, 1.54) is 0 Å². The van der Waals surface area contributed by atoms with Crippen LogP contribution >= 0.6 is 0 Å². The first-order chi connectivity index (χ1) is 12.5. The minimum atomic E-state index is 0.563. The molecule has 0 aromatic carbocycles. The summed E-state index contributed by atoms with van der Waals surface area (Å²) in [6, 6.07) is 0. The molecule has 0 radical (unpaired) electrons. The van der Waals surface area contributed by atoms with E-state index >= 15 is 0 Å². The van der Waals surface area contributed by atoms with Crippen LogP contribution in [0.15, 0.2) is 15.7 Å². The molecule has 0 aliphatic rings. The second-order valence-electron chi connectivity index (χ2n) is 6.06. The Kier molecular flexibility index (Phi) is 7.00. The van der Waals surface area contributed by atoms with Gasteiger partial charge in [0.2, 0.25) is 0 Å². The lowest BCUT2D eigenvalue weighted by Gasteiger charge is -2.15. The predicted molar refractivity (Wildman–Crippen MR) is 103 cm³/mol. The third-order valence-electron chi connectivity index (χ3n) is 4.44. The van der Waals surface area contributed by atoms with E-state index in [9.17, 15) is 0 Å². The number of hydrogen-bond donors (Lipinski definition) is 2. The molecule has 0 saturated heterocycles. The first-order valence-electron chi connectivity index (χ1n) is 8.95. The highest BCUT2D eigenvalue weighted by Crippen LogP contribution is 2.23. The number of pyridine rings is 1. The van der Waals surface area contributed by atoms with Gasteiger partial charge in [-0.15, -0.1) is 0 Å². The maximum Gasteiger partial charge on any atom is 0.191 e. The number of aromatic nitrogens is 2. The van der Waals surface area contributed by atoms with Gasteiger partial charge in [0.1, 0.15) is 11.5 Å². The molecule has 2 N–H and O–H groups in total. The molecule has 2 heterocycles. The van der Waals surface area contributed by atoms with E-state index in [0.717, 1.165) is 52.4 Å². The fraction of sp³-hybridized carbons (Fsp3) is 0.526. The van der Waals surface area contributed by atoms with Gasteiger partial charge in [0.25, 0.3) is 0 Å². The molecule has 0 fully saturated rings. The van der Waals surface area contributed by atoms with Crippen molar-refractivity contribution in [2.75, 3.05) is 14.2 Å². The molecule has 7 nitrogen and oxygen atoms in total. The third-order valence-corrected chi connectivity index (χ3v) is 4.44.